The quantitative estimate of drug-likeness (QED) is 0.328. The van der Waals surface area contributed by atoms with E-state index in [0.29, 0.717) is 5.69 Å². The second-order valence-corrected chi connectivity index (χ2v) is 5.88. The van der Waals surface area contributed by atoms with Crippen molar-refractivity contribution in [1.82, 2.24) is 4.98 Å². The van der Waals surface area contributed by atoms with E-state index in [4.69, 9.17) is 16.3 Å². The molecule has 2 aromatic rings. The topological polar surface area (TPSA) is 68.3 Å². The van der Waals surface area contributed by atoms with Crippen molar-refractivity contribution in [2.24, 2.45) is 0 Å². The molecule has 0 aliphatic carbocycles. The van der Waals surface area contributed by atoms with E-state index < -0.39 is 11.8 Å². The molecule has 0 amide bonds. The summed E-state index contributed by atoms with van der Waals surface area (Å²) in [7, 11) is 0. The van der Waals surface area contributed by atoms with Crippen LogP contribution in [-0.4, -0.2) is 23.3 Å². The second kappa shape index (κ2) is 8.61. The summed E-state index contributed by atoms with van der Waals surface area (Å²) in [6.45, 7) is 1.92. The fraction of sp³-hybridized carbons (Fsp3) is 0.118. The molecule has 0 atom stereocenters. The number of carbonyl (C=O) groups is 2. The number of benzene rings is 1. The highest BCUT2D eigenvalue weighted by molar-refractivity contribution is 9.10. The van der Waals surface area contributed by atoms with Gasteiger partial charge in [0.2, 0.25) is 0 Å². The Bertz CT molecular complexity index is 793. The van der Waals surface area contributed by atoms with Crippen LogP contribution in [0.3, 0.4) is 0 Å². The molecule has 2 rings (SSSR count). The zero-order valence-corrected chi connectivity index (χ0v) is 15.1. The molecule has 7 heteroatoms. The number of anilines is 2. The number of esters is 1. The van der Waals surface area contributed by atoms with Gasteiger partial charge in [0.05, 0.1) is 17.9 Å². The van der Waals surface area contributed by atoms with Gasteiger partial charge in [0.25, 0.3) is 0 Å². The molecule has 0 bridgehead atoms. The van der Waals surface area contributed by atoms with Gasteiger partial charge < -0.3 is 10.1 Å². The molecule has 0 spiro atoms. The monoisotopic (exact) mass is 408 g/mol. The van der Waals surface area contributed by atoms with E-state index in [0.717, 1.165) is 22.3 Å². The van der Waals surface area contributed by atoms with E-state index in [1.165, 1.54) is 6.20 Å². The predicted molar refractivity (Wildman–Crippen MR) is 96.8 cm³/mol. The first kappa shape index (κ1) is 18.2. The molecule has 0 fully saturated rings. The van der Waals surface area contributed by atoms with Crippen molar-refractivity contribution in [3.05, 3.63) is 63.9 Å². The van der Waals surface area contributed by atoms with Crippen LogP contribution in [0.4, 0.5) is 11.4 Å². The number of pyridine rings is 1. The number of nitrogens with zero attached hydrogens (tertiary/aromatic N) is 1. The van der Waals surface area contributed by atoms with Crippen LogP contribution in [0.2, 0.25) is 5.15 Å². The Balaban J connectivity index is 2.29. The zero-order valence-electron chi connectivity index (χ0n) is 12.8. The molecule has 124 valence electrons. The van der Waals surface area contributed by atoms with Crippen LogP contribution in [0.1, 0.15) is 17.3 Å². The van der Waals surface area contributed by atoms with Crippen LogP contribution in [0, 0.1) is 0 Å². The molecule has 0 aliphatic rings. The fourth-order valence-electron chi connectivity index (χ4n) is 1.91. The van der Waals surface area contributed by atoms with Crippen molar-refractivity contribution in [2.75, 3.05) is 11.9 Å². The number of rotatable bonds is 6. The standard InChI is InChI=1S/C17H14BrClN2O3/c1-2-24-15(23)7-6-14(22)16-13(8-9-20-17(16)19)21-12-5-3-4-11(18)10-12/h3-10H,2H2,1H3,(H,20,21)/b7-6+. The molecular weight excluding hydrogens is 396 g/mol. The highest BCUT2D eigenvalue weighted by atomic mass is 79.9. The molecular formula is C17H14BrClN2O3. The predicted octanol–water partition coefficient (Wildman–Crippen LogP) is 4.54. The Kier molecular flexibility index (Phi) is 6.52. The Morgan fingerprint density at radius 1 is 1.33 bits per heavy atom. The molecule has 1 heterocycles. The van der Waals surface area contributed by atoms with Crippen molar-refractivity contribution in [3.63, 3.8) is 0 Å². The number of ketones is 1. The summed E-state index contributed by atoms with van der Waals surface area (Å²) in [4.78, 5) is 27.7. The van der Waals surface area contributed by atoms with Crippen molar-refractivity contribution in [1.29, 1.82) is 0 Å². The van der Waals surface area contributed by atoms with E-state index in [2.05, 4.69) is 26.2 Å². The first-order valence-electron chi connectivity index (χ1n) is 7.07. The highest BCUT2D eigenvalue weighted by Gasteiger charge is 2.15. The Morgan fingerprint density at radius 2 is 2.12 bits per heavy atom. The molecule has 5 nitrogen and oxygen atoms in total. The number of aromatic nitrogens is 1. The van der Waals surface area contributed by atoms with Crippen LogP contribution in [0.5, 0.6) is 0 Å². The van der Waals surface area contributed by atoms with Crippen molar-refractivity contribution >= 4 is 50.7 Å². The molecule has 0 unspecified atom stereocenters. The summed E-state index contributed by atoms with van der Waals surface area (Å²) in [5, 5.41) is 3.17. The van der Waals surface area contributed by atoms with Gasteiger partial charge in [-0.3, -0.25) is 4.79 Å². The van der Waals surface area contributed by atoms with Gasteiger partial charge in [0.1, 0.15) is 5.15 Å². The van der Waals surface area contributed by atoms with E-state index in [1.54, 1.807) is 13.0 Å². The first-order valence-corrected chi connectivity index (χ1v) is 8.24. The lowest BCUT2D eigenvalue weighted by atomic mass is 10.1. The molecule has 1 aromatic carbocycles. The SMILES string of the molecule is CCOC(=O)/C=C/C(=O)c1c(Nc2cccc(Br)c2)ccnc1Cl. The lowest BCUT2D eigenvalue weighted by Gasteiger charge is -2.11. The molecule has 1 N–H and O–H groups in total. The van der Waals surface area contributed by atoms with Gasteiger partial charge in [0.15, 0.2) is 5.78 Å². The third kappa shape index (κ3) is 4.91. The van der Waals surface area contributed by atoms with E-state index in [1.807, 2.05) is 24.3 Å². The Hall–Kier alpha value is -2.18. The van der Waals surface area contributed by atoms with Gasteiger partial charge in [-0.1, -0.05) is 33.6 Å². The van der Waals surface area contributed by atoms with Gasteiger partial charge in [-0.25, -0.2) is 9.78 Å². The zero-order chi connectivity index (χ0) is 17.5. The molecule has 0 saturated carbocycles. The summed E-state index contributed by atoms with van der Waals surface area (Å²) >= 11 is 9.45. The smallest absolute Gasteiger partial charge is 0.330 e. The number of hydrogen-bond acceptors (Lipinski definition) is 5. The normalized spacial score (nSPS) is 10.6. The summed E-state index contributed by atoms with van der Waals surface area (Å²) in [5.41, 5.74) is 1.45. The summed E-state index contributed by atoms with van der Waals surface area (Å²) in [6, 6.07) is 9.09. The minimum Gasteiger partial charge on any atom is -0.463 e. The van der Waals surface area contributed by atoms with Crippen molar-refractivity contribution < 1.29 is 14.3 Å². The fourth-order valence-corrected chi connectivity index (χ4v) is 2.56. The van der Waals surface area contributed by atoms with E-state index in [-0.39, 0.29) is 17.3 Å². The van der Waals surface area contributed by atoms with E-state index in [9.17, 15) is 9.59 Å². The maximum absolute atomic E-state index is 12.4. The van der Waals surface area contributed by atoms with Crippen molar-refractivity contribution in [2.45, 2.75) is 6.92 Å². The molecule has 0 saturated heterocycles. The Labute approximate surface area is 152 Å². The maximum Gasteiger partial charge on any atom is 0.330 e. The minimum absolute atomic E-state index is 0.0495. The van der Waals surface area contributed by atoms with Crippen LogP contribution in [-0.2, 0) is 9.53 Å². The number of allylic oxidation sites excluding steroid dienone is 1. The van der Waals surface area contributed by atoms with Gasteiger partial charge >= 0.3 is 5.97 Å². The maximum atomic E-state index is 12.4. The average Bonchev–Trinajstić information content (AvgIpc) is 2.53. The largest absolute Gasteiger partial charge is 0.463 e. The Morgan fingerprint density at radius 3 is 2.83 bits per heavy atom. The summed E-state index contributed by atoms with van der Waals surface area (Å²) in [5.74, 6) is -1.04. The van der Waals surface area contributed by atoms with Gasteiger partial charge in [-0.05, 0) is 37.3 Å². The average molecular weight is 410 g/mol. The lowest BCUT2D eigenvalue weighted by Crippen LogP contribution is -2.06. The van der Waals surface area contributed by atoms with E-state index >= 15 is 0 Å². The number of ether oxygens (including phenoxy) is 1. The molecule has 0 radical (unpaired) electrons. The number of halogens is 2. The molecule has 0 aliphatic heterocycles. The van der Waals surface area contributed by atoms with Gasteiger partial charge in [-0.15, -0.1) is 0 Å². The van der Waals surface area contributed by atoms with Gasteiger partial charge in [0, 0.05) is 22.4 Å². The third-order valence-corrected chi connectivity index (χ3v) is 3.69. The lowest BCUT2D eigenvalue weighted by molar-refractivity contribution is -0.137. The molecule has 24 heavy (non-hydrogen) atoms. The van der Waals surface area contributed by atoms with Crippen LogP contribution in [0.25, 0.3) is 0 Å². The molecule has 1 aromatic heterocycles. The third-order valence-electron chi connectivity index (χ3n) is 2.91. The van der Waals surface area contributed by atoms with Crippen LogP contribution < -0.4 is 5.32 Å². The van der Waals surface area contributed by atoms with Crippen LogP contribution >= 0.6 is 27.5 Å². The van der Waals surface area contributed by atoms with Crippen LogP contribution in [0.15, 0.2) is 53.2 Å². The number of hydrogen-bond donors (Lipinski definition) is 1. The first-order chi connectivity index (χ1) is 11.5. The number of nitrogens with one attached hydrogen (secondary N) is 1. The summed E-state index contributed by atoms with van der Waals surface area (Å²) in [6.07, 6.45) is 3.68. The highest BCUT2D eigenvalue weighted by Crippen LogP contribution is 2.27. The second-order valence-electron chi connectivity index (χ2n) is 4.61. The summed E-state index contributed by atoms with van der Waals surface area (Å²) < 4.78 is 5.64. The van der Waals surface area contributed by atoms with Gasteiger partial charge in [-0.2, -0.15) is 0 Å². The van der Waals surface area contributed by atoms with Crippen molar-refractivity contribution in [3.8, 4) is 0 Å². The minimum atomic E-state index is -0.590. The number of carbonyl (C=O) groups excluding carboxylic acids is 2.